The van der Waals surface area contributed by atoms with Gasteiger partial charge in [0.25, 0.3) is 5.56 Å². The number of para-hydroxylation sites is 2. The van der Waals surface area contributed by atoms with E-state index in [0.29, 0.717) is 4.53 Å². The molecule has 4 nitrogen and oxygen atoms in total. The SMILES string of the molecule is Cn1ccc(/C=c2/sc3nc4ccccc4n3c2=O)c1. The van der Waals surface area contributed by atoms with Crippen molar-refractivity contribution < 1.29 is 0 Å². The van der Waals surface area contributed by atoms with Crippen LogP contribution in [0.5, 0.6) is 0 Å². The monoisotopic (exact) mass is 281 g/mol. The topological polar surface area (TPSA) is 39.3 Å². The van der Waals surface area contributed by atoms with E-state index >= 15 is 0 Å². The Hall–Kier alpha value is -2.40. The van der Waals surface area contributed by atoms with Crippen LogP contribution in [0, 0.1) is 0 Å². The number of aryl methyl sites for hydroxylation is 1. The van der Waals surface area contributed by atoms with Crippen LogP contribution in [0.15, 0.2) is 47.5 Å². The second-order valence-corrected chi connectivity index (χ2v) is 5.75. The van der Waals surface area contributed by atoms with E-state index in [4.69, 9.17) is 0 Å². The summed E-state index contributed by atoms with van der Waals surface area (Å²) in [5.74, 6) is 0. The molecule has 4 aromatic rings. The standard InChI is InChI=1S/C15H11N3OS/c1-17-7-6-10(9-17)8-13-14(19)18-12-5-3-2-4-11(12)16-15(18)20-13/h2-9H,1H3/b13-8+. The van der Waals surface area contributed by atoms with Crippen molar-refractivity contribution in [3.63, 3.8) is 0 Å². The van der Waals surface area contributed by atoms with Crippen molar-refractivity contribution in [2.75, 3.05) is 0 Å². The van der Waals surface area contributed by atoms with Crippen LogP contribution < -0.4 is 10.1 Å². The van der Waals surface area contributed by atoms with Gasteiger partial charge in [-0.3, -0.25) is 4.79 Å². The van der Waals surface area contributed by atoms with E-state index < -0.39 is 0 Å². The molecule has 0 aliphatic rings. The molecule has 1 aromatic carbocycles. The van der Waals surface area contributed by atoms with Gasteiger partial charge in [-0.1, -0.05) is 23.5 Å². The number of aromatic nitrogens is 3. The second kappa shape index (κ2) is 4.05. The molecule has 0 fully saturated rings. The molecular weight excluding hydrogens is 270 g/mol. The molecule has 0 bridgehead atoms. The van der Waals surface area contributed by atoms with Gasteiger partial charge >= 0.3 is 0 Å². The van der Waals surface area contributed by atoms with Gasteiger partial charge in [-0.25, -0.2) is 9.38 Å². The summed E-state index contributed by atoms with van der Waals surface area (Å²) in [6.07, 6.45) is 5.86. The molecular formula is C15H11N3OS. The predicted octanol–water partition coefficient (Wildman–Crippen LogP) is 1.80. The van der Waals surface area contributed by atoms with Crippen LogP contribution in [0.1, 0.15) is 5.56 Å². The molecule has 0 aliphatic carbocycles. The van der Waals surface area contributed by atoms with Crippen molar-refractivity contribution in [1.82, 2.24) is 14.0 Å². The van der Waals surface area contributed by atoms with Crippen LogP contribution in [0.3, 0.4) is 0 Å². The van der Waals surface area contributed by atoms with Gasteiger partial charge in [0.1, 0.15) is 0 Å². The molecule has 0 atom stereocenters. The van der Waals surface area contributed by atoms with Gasteiger partial charge in [0.05, 0.1) is 15.6 Å². The number of hydrogen-bond donors (Lipinski definition) is 0. The van der Waals surface area contributed by atoms with Crippen molar-refractivity contribution in [1.29, 1.82) is 0 Å². The molecule has 0 amide bonds. The Morgan fingerprint density at radius 3 is 2.90 bits per heavy atom. The lowest BCUT2D eigenvalue weighted by molar-refractivity contribution is 0.927. The number of rotatable bonds is 1. The van der Waals surface area contributed by atoms with Crippen LogP contribution in [0.2, 0.25) is 0 Å². The minimum atomic E-state index is 0.00236. The second-order valence-electron chi connectivity index (χ2n) is 4.74. The largest absolute Gasteiger partial charge is 0.357 e. The molecule has 0 unspecified atom stereocenters. The fourth-order valence-electron chi connectivity index (χ4n) is 2.37. The average molecular weight is 281 g/mol. The summed E-state index contributed by atoms with van der Waals surface area (Å²) in [6.45, 7) is 0. The fourth-order valence-corrected chi connectivity index (χ4v) is 3.36. The number of nitrogens with zero attached hydrogens (tertiary/aromatic N) is 3. The molecule has 0 saturated heterocycles. The maximum atomic E-state index is 12.5. The zero-order valence-electron chi connectivity index (χ0n) is 10.8. The number of benzene rings is 1. The lowest BCUT2D eigenvalue weighted by Crippen LogP contribution is -2.22. The summed E-state index contributed by atoms with van der Waals surface area (Å²) >= 11 is 1.43. The summed E-state index contributed by atoms with van der Waals surface area (Å²) in [4.78, 5) is 17.8. The quantitative estimate of drug-likeness (QED) is 0.533. The average Bonchev–Trinajstić information content (AvgIpc) is 3.07. The van der Waals surface area contributed by atoms with E-state index in [-0.39, 0.29) is 5.56 Å². The summed E-state index contributed by atoms with van der Waals surface area (Å²) in [5, 5.41) is 0. The first kappa shape index (κ1) is 11.4. The highest BCUT2D eigenvalue weighted by atomic mass is 32.1. The minimum absolute atomic E-state index is 0.00236. The van der Waals surface area contributed by atoms with Gasteiger partial charge in [0, 0.05) is 19.4 Å². The normalized spacial score (nSPS) is 12.8. The Morgan fingerprint density at radius 2 is 2.10 bits per heavy atom. The summed E-state index contributed by atoms with van der Waals surface area (Å²) in [5.41, 5.74) is 2.76. The summed E-state index contributed by atoms with van der Waals surface area (Å²) in [7, 11) is 1.96. The van der Waals surface area contributed by atoms with Crippen molar-refractivity contribution in [3.05, 3.63) is 63.2 Å². The van der Waals surface area contributed by atoms with Crippen molar-refractivity contribution in [3.8, 4) is 0 Å². The van der Waals surface area contributed by atoms with Crippen LogP contribution >= 0.6 is 11.3 Å². The lowest BCUT2D eigenvalue weighted by Gasteiger charge is -1.86. The highest BCUT2D eigenvalue weighted by Crippen LogP contribution is 2.15. The Balaban J connectivity index is 2.05. The Labute approximate surface area is 118 Å². The van der Waals surface area contributed by atoms with Gasteiger partial charge in [-0.15, -0.1) is 0 Å². The van der Waals surface area contributed by atoms with Gasteiger partial charge in [0.2, 0.25) is 0 Å². The molecule has 3 heterocycles. The van der Waals surface area contributed by atoms with Crippen LogP contribution in [0.25, 0.3) is 22.1 Å². The minimum Gasteiger partial charge on any atom is -0.357 e. The Morgan fingerprint density at radius 1 is 1.25 bits per heavy atom. The predicted molar refractivity (Wildman–Crippen MR) is 81.0 cm³/mol. The molecule has 98 valence electrons. The van der Waals surface area contributed by atoms with Crippen molar-refractivity contribution in [2.24, 2.45) is 7.05 Å². The van der Waals surface area contributed by atoms with Gasteiger partial charge in [-0.2, -0.15) is 0 Å². The molecule has 0 N–H and O–H groups in total. The third kappa shape index (κ3) is 1.60. The smallest absolute Gasteiger partial charge is 0.274 e. The number of hydrogen-bond acceptors (Lipinski definition) is 3. The first-order chi connectivity index (χ1) is 9.72. The number of thiazole rings is 1. The maximum Gasteiger partial charge on any atom is 0.274 e. The van der Waals surface area contributed by atoms with Gasteiger partial charge in [0.15, 0.2) is 4.96 Å². The van der Waals surface area contributed by atoms with E-state index in [9.17, 15) is 4.79 Å². The molecule has 4 rings (SSSR count). The van der Waals surface area contributed by atoms with Crippen molar-refractivity contribution in [2.45, 2.75) is 0 Å². The molecule has 20 heavy (non-hydrogen) atoms. The van der Waals surface area contributed by atoms with Crippen LogP contribution in [0.4, 0.5) is 0 Å². The van der Waals surface area contributed by atoms with Crippen LogP contribution in [-0.2, 0) is 7.05 Å². The van der Waals surface area contributed by atoms with E-state index in [1.165, 1.54) is 11.3 Å². The maximum absolute atomic E-state index is 12.5. The molecule has 0 aliphatic heterocycles. The molecule has 0 radical (unpaired) electrons. The number of imidazole rings is 1. The van der Waals surface area contributed by atoms with Crippen LogP contribution in [-0.4, -0.2) is 14.0 Å². The highest BCUT2D eigenvalue weighted by molar-refractivity contribution is 7.15. The van der Waals surface area contributed by atoms with Gasteiger partial charge < -0.3 is 4.57 Å². The van der Waals surface area contributed by atoms with E-state index in [0.717, 1.165) is 21.6 Å². The molecule has 0 saturated carbocycles. The number of fused-ring (bicyclic) bond motifs is 3. The molecule has 0 spiro atoms. The summed E-state index contributed by atoms with van der Waals surface area (Å²) < 4.78 is 4.36. The third-order valence-electron chi connectivity index (χ3n) is 3.30. The first-order valence-corrected chi connectivity index (χ1v) is 7.08. The van der Waals surface area contributed by atoms with E-state index in [1.807, 2.05) is 60.4 Å². The lowest BCUT2D eigenvalue weighted by atomic mass is 10.3. The zero-order chi connectivity index (χ0) is 13.7. The third-order valence-corrected chi connectivity index (χ3v) is 4.27. The Kier molecular flexibility index (Phi) is 2.31. The zero-order valence-corrected chi connectivity index (χ0v) is 11.6. The van der Waals surface area contributed by atoms with E-state index in [1.54, 1.807) is 4.40 Å². The van der Waals surface area contributed by atoms with Crippen molar-refractivity contribution >= 4 is 33.4 Å². The summed E-state index contributed by atoms with van der Waals surface area (Å²) in [6, 6.07) is 9.69. The molecule has 3 aromatic heterocycles. The highest BCUT2D eigenvalue weighted by Gasteiger charge is 2.10. The van der Waals surface area contributed by atoms with Gasteiger partial charge in [-0.05, 0) is 29.8 Å². The molecule has 5 heteroatoms. The fraction of sp³-hybridized carbons (Fsp3) is 0.0667. The van der Waals surface area contributed by atoms with E-state index in [2.05, 4.69) is 4.98 Å². The first-order valence-electron chi connectivity index (χ1n) is 6.26. The Bertz CT molecular complexity index is 1040.